The van der Waals surface area contributed by atoms with Crippen LogP contribution in [-0.2, 0) is 32.0 Å². The van der Waals surface area contributed by atoms with Crippen LogP contribution in [0.4, 0.5) is 0 Å². The van der Waals surface area contributed by atoms with Crippen LogP contribution in [0, 0.1) is 0 Å². The zero-order valence-electron chi connectivity index (χ0n) is 20.2. The first-order valence-corrected chi connectivity index (χ1v) is 23.8. The van der Waals surface area contributed by atoms with Crippen molar-refractivity contribution < 1.29 is 32.0 Å². The van der Waals surface area contributed by atoms with Gasteiger partial charge < -0.3 is 22.4 Å². The van der Waals surface area contributed by atoms with E-state index in [-0.39, 0.29) is 0 Å². The molecule has 0 aromatic heterocycles. The molecule has 0 aromatic carbocycles. The molecule has 1 heterocycles. The second-order valence-electron chi connectivity index (χ2n) is 11.4. The van der Waals surface area contributed by atoms with E-state index in [1.54, 1.807) is 0 Å². The highest BCUT2D eigenvalue weighted by Crippen LogP contribution is 2.32. The summed E-state index contributed by atoms with van der Waals surface area (Å²) in [5.41, 5.74) is 0. The van der Waals surface area contributed by atoms with Crippen LogP contribution in [0.1, 0.15) is 0 Å². The number of carbonyl (C=O) groups excluding carboxylic acids is 2. The zero-order valence-corrected chi connectivity index (χ0v) is 24.2. The summed E-state index contributed by atoms with van der Waals surface area (Å²) in [5.74, 6) is -0.979. The van der Waals surface area contributed by atoms with E-state index in [1.807, 2.05) is 78.6 Å². The van der Waals surface area contributed by atoms with E-state index in [4.69, 9.17) is 22.4 Å². The van der Waals surface area contributed by atoms with Crippen molar-refractivity contribution in [3.05, 3.63) is 0 Å². The average molecular weight is 481 g/mol. The average Bonchev–Trinajstić information content (AvgIpc) is 2.67. The normalized spacial score (nSPS) is 25.0. The van der Waals surface area contributed by atoms with Crippen LogP contribution >= 0.6 is 0 Å². The lowest BCUT2D eigenvalue weighted by atomic mass is 10.1. The molecule has 29 heavy (non-hydrogen) atoms. The Balaban J connectivity index is 3.34. The first-order chi connectivity index (χ1) is 12.7. The highest BCUT2D eigenvalue weighted by Gasteiger charge is 2.55. The number of hydrogen-bond acceptors (Lipinski definition) is 7. The summed E-state index contributed by atoms with van der Waals surface area (Å²) in [4.78, 5) is 25.8. The molecule has 0 radical (unpaired) electrons. The standard InChI is InChI=1S/C18H40O7Si4/c1-26(2,3)22-14-13(21-17(19)16(14)24-28(7,8)9)15(23-27(4,5)6)18(20)25-29(10,11)12/h13-16H,1-12H3/t13-,14-,15+,16+/m1/s1. The fourth-order valence-electron chi connectivity index (χ4n) is 2.83. The molecular formula is C18H40O7Si4. The molecule has 0 amide bonds. The minimum Gasteiger partial charge on any atom is -0.518 e. The third-order valence-electron chi connectivity index (χ3n) is 3.49. The Labute approximate surface area is 180 Å². The Hall–Kier alpha value is -0.312. The van der Waals surface area contributed by atoms with Crippen molar-refractivity contribution in [2.24, 2.45) is 0 Å². The zero-order chi connectivity index (χ0) is 23.0. The highest BCUT2D eigenvalue weighted by molar-refractivity contribution is 6.72. The molecule has 1 aliphatic heterocycles. The van der Waals surface area contributed by atoms with Crippen LogP contribution in [0.25, 0.3) is 0 Å². The Morgan fingerprint density at radius 2 is 1.28 bits per heavy atom. The fourth-order valence-corrected chi connectivity index (χ4v) is 6.61. The molecule has 0 unspecified atom stereocenters. The summed E-state index contributed by atoms with van der Waals surface area (Å²) in [6.45, 7) is 23.9. The molecule has 0 aliphatic carbocycles. The molecule has 170 valence electrons. The van der Waals surface area contributed by atoms with E-state index >= 15 is 0 Å². The first-order valence-electron chi connectivity index (χ1n) is 10.2. The van der Waals surface area contributed by atoms with Crippen LogP contribution in [0.5, 0.6) is 0 Å². The smallest absolute Gasteiger partial charge is 0.337 e. The number of esters is 1. The predicted molar refractivity (Wildman–Crippen MR) is 124 cm³/mol. The van der Waals surface area contributed by atoms with Gasteiger partial charge in [-0.2, -0.15) is 0 Å². The van der Waals surface area contributed by atoms with Crippen molar-refractivity contribution in [2.45, 2.75) is 103 Å². The monoisotopic (exact) mass is 480 g/mol. The third kappa shape index (κ3) is 9.57. The minimum atomic E-state index is -2.16. The minimum absolute atomic E-state index is 0.484. The molecular weight excluding hydrogens is 441 g/mol. The van der Waals surface area contributed by atoms with Gasteiger partial charge in [0.25, 0.3) is 0 Å². The lowest BCUT2D eigenvalue weighted by molar-refractivity contribution is -0.158. The second kappa shape index (κ2) is 9.05. The van der Waals surface area contributed by atoms with Gasteiger partial charge in [0.1, 0.15) is 6.10 Å². The molecule has 0 aromatic rings. The maximum atomic E-state index is 13.1. The van der Waals surface area contributed by atoms with Gasteiger partial charge in [-0.05, 0) is 78.6 Å². The van der Waals surface area contributed by atoms with Crippen LogP contribution in [0.15, 0.2) is 0 Å². The predicted octanol–water partition coefficient (Wildman–Crippen LogP) is 3.95. The van der Waals surface area contributed by atoms with E-state index in [0.29, 0.717) is 0 Å². The van der Waals surface area contributed by atoms with Gasteiger partial charge in [-0.15, -0.1) is 0 Å². The van der Waals surface area contributed by atoms with Gasteiger partial charge in [0.15, 0.2) is 43.3 Å². The van der Waals surface area contributed by atoms with E-state index < -0.39 is 69.6 Å². The topological polar surface area (TPSA) is 80.3 Å². The molecule has 1 fully saturated rings. The second-order valence-corrected chi connectivity index (χ2v) is 29.2. The molecule has 0 bridgehead atoms. The van der Waals surface area contributed by atoms with Crippen molar-refractivity contribution in [2.75, 3.05) is 0 Å². The van der Waals surface area contributed by atoms with E-state index in [2.05, 4.69) is 0 Å². The van der Waals surface area contributed by atoms with Crippen LogP contribution in [0.3, 0.4) is 0 Å². The summed E-state index contributed by atoms with van der Waals surface area (Å²) in [6, 6.07) is 0. The molecule has 4 atom stereocenters. The molecule has 0 spiro atoms. The summed E-state index contributed by atoms with van der Waals surface area (Å²) < 4.78 is 30.1. The molecule has 0 saturated carbocycles. The Morgan fingerprint density at radius 1 is 0.793 bits per heavy atom. The molecule has 1 aliphatic rings. The number of rotatable bonds is 9. The number of cyclic esters (lactones) is 1. The molecule has 1 rings (SSSR count). The van der Waals surface area contributed by atoms with Gasteiger partial charge >= 0.3 is 11.9 Å². The Morgan fingerprint density at radius 3 is 1.66 bits per heavy atom. The first kappa shape index (κ1) is 26.7. The number of ether oxygens (including phenoxy) is 1. The quantitative estimate of drug-likeness (QED) is 0.365. The lowest BCUT2D eigenvalue weighted by Gasteiger charge is -2.36. The van der Waals surface area contributed by atoms with Gasteiger partial charge in [-0.3, -0.25) is 4.79 Å². The van der Waals surface area contributed by atoms with Crippen LogP contribution in [0.2, 0.25) is 78.6 Å². The molecule has 11 heteroatoms. The van der Waals surface area contributed by atoms with Gasteiger partial charge in [0.2, 0.25) is 8.32 Å². The maximum Gasteiger partial charge on any atom is 0.337 e. The van der Waals surface area contributed by atoms with Crippen molar-refractivity contribution >= 4 is 45.2 Å². The molecule has 1 saturated heterocycles. The van der Waals surface area contributed by atoms with Gasteiger partial charge in [0, 0.05) is 0 Å². The molecule has 7 nitrogen and oxygen atoms in total. The van der Waals surface area contributed by atoms with Crippen molar-refractivity contribution in [1.82, 2.24) is 0 Å². The van der Waals surface area contributed by atoms with E-state index in [1.165, 1.54) is 0 Å². The third-order valence-corrected chi connectivity index (χ3v) is 7.21. The molecule has 0 N–H and O–H groups in total. The summed E-state index contributed by atoms with van der Waals surface area (Å²) in [5, 5.41) is 0. The van der Waals surface area contributed by atoms with Crippen molar-refractivity contribution in [1.29, 1.82) is 0 Å². The maximum absolute atomic E-state index is 13.1. The lowest BCUT2D eigenvalue weighted by Crippen LogP contribution is -2.54. The van der Waals surface area contributed by atoms with Gasteiger partial charge in [-0.1, -0.05) is 0 Å². The van der Waals surface area contributed by atoms with Crippen molar-refractivity contribution in [3.8, 4) is 0 Å². The van der Waals surface area contributed by atoms with E-state index in [0.717, 1.165) is 0 Å². The summed E-state index contributed by atoms with van der Waals surface area (Å²) >= 11 is 0. The largest absolute Gasteiger partial charge is 0.518 e. The highest BCUT2D eigenvalue weighted by atomic mass is 28.4. The summed E-state index contributed by atoms with van der Waals surface area (Å²) in [7, 11) is -8.47. The summed E-state index contributed by atoms with van der Waals surface area (Å²) in [6.07, 6.45) is -3.46. The number of carbonyl (C=O) groups is 2. The SMILES string of the molecule is C[Si](C)(C)OC(=O)[C@@H](O[Si](C)(C)C)[C@@H]1OC(=O)[C@@H](O[Si](C)(C)C)[C@@H]1O[Si](C)(C)C. The van der Waals surface area contributed by atoms with E-state index in [9.17, 15) is 9.59 Å². The van der Waals surface area contributed by atoms with Crippen LogP contribution in [-0.4, -0.2) is 69.6 Å². The Bertz CT molecular complexity index is 599. The van der Waals surface area contributed by atoms with Gasteiger partial charge in [0.05, 0.1) is 0 Å². The Kier molecular flexibility index (Phi) is 8.34. The van der Waals surface area contributed by atoms with Crippen LogP contribution < -0.4 is 0 Å². The van der Waals surface area contributed by atoms with Gasteiger partial charge in [-0.25, -0.2) is 4.79 Å². The number of hydrogen-bond donors (Lipinski definition) is 0. The fraction of sp³-hybridized carbons (Fsp3) is 0.889. The van der Waals surface area contributed by atoms with Crippen molar-refractivity contribution in [3.63, 3.8) is 0 Å².